The third-order valence-electron chi connectivity index (χ3n) is 1.78. The molecule has 0 saturated carbocycles. The quantitative estimate of drug-likeness (QED) is 0.425. The highest BCUT2D eigenvalue weighted by Gasteiger charge is 2.11. The van der Waals surface area contributed by atoms with Crippen molar-refractivity contribution in [2.45, 2.75) is 25.8 Å². The minimum atomic E-state index is -1.12. The topological polar surface area (TPSA) is 116 Å². The Labute approximate surface area is 92.8 Å². The normalized spacial score (nSPS) is 11.6. The lowest BCUT2D eigenvalue weighted by molar-refractivity contribution is -0.137. The van der Waals surface area contributed by atoms with Crippen LogP contribution in [0.25, 0.3) is 0 Å². The van der Waals surface area contributed by atoms with Crippen LogP contribution in [0.1, 0.15) is 19.8 Å². The molecule has 92 valence electrons. The molecule has 4 N–H and O–H groups in total. The van der Waals surface area contributed by atoms with E-state index in [1.807, 2.05) is 0 Å². The molecule has 0 radical (unpaired) electrons. The summed E-state index contributed by atoms with van der Waals surface area (Å²) in [6, 6.07) is -0.479. The van der Waals surface area contributed by atoms with E-state index in [1.165, 1.54) is 6.92 Å². The minimum Gasteiger partial charge on any atom is -0.480 e. The molecule has 0 rings (SSSR count). The fraction of sp³-hybridized carbons (Fsp3) is 0.667. The van der Waals surface area contributed by atoms with Gasteiger partial charge in [0.05, 0.1) is 12.6 Å². The Morgan fingerprint density at radius 1 is 1.31 bits per heavy atom. The van der Waals surface area contributed by atoms with Crippen LogP contribution < -0.4 is 10.6 Å². The molecule has 0 aliphatic heterocycles. The van der Waals surface area contributed by atoms with Gasteiger partial charge in [-0.25, -0.2) is 0 Å². The SMILES string of the molecule is CC(=O)NC(CO)CCC(=O)NCC(=O)O. The van der Waals surface area contributed by atoms with Gasteiger partial charge < -0.3 is 20.8 Å². The van der Waals surface area contributed by atoms with Crippen molar-refractivity contribution in [3.05, 3.63) is 0 Å². The number of carboxylic acid groups (broad SMARTS) is 1. The highest BCUT2D eigenvalue weighted by Crippen LogP contribution is 1.96. The minimum absolute atomic E-state index is 0.0544. The van der Waals surface area contributed by atoms with E-state index >= 15 is 0 Å². The van der Waals surface area contributed by atoms with Crippen molar-refractivity contribution < 1.29 is 24.6 Å². The van der Waals surface area contributed by atoms with Gasteiger partial charge in [-0.2, -0.15) is 0 Å². The molecule has 0 aromatic carbocycles. The number of amides is 2. The highest BCUT2D eigenvalue weighted by molar-refractivity contribution is 5.81. The van der Waals surface area contributed by atoms with Crippen LogP contribution in [0, 0.1) is 0 Å². The van der Waals surface area contributed by atoms with Gasteiger partial charge in [0.2, 0.25) is 11.8 Å². The zero-order chi connectivity index (χ0) is 12.6. The average molecular weight is 232 g/mol. The molecule has 7 nitrogen and oxygen atoms in total. The van der Waals surface area contributed by atoms with Crippen LogP contribution in [0.2, 0.25) is 0 Å². The van der Waals surface area contributed by atoms with Crippen LogP contribution in [0.3, 0.4) is 0 Å². The highest BCUT2D eigenvalue weighted by atomic mass is 16.4. The van der Waals surface area contributed by atoms with Crippen LogP contribution in [0.4, 0.5) is 0 Å². The second-order valence-corrected chi connectivity index (χ2v) is 3.29. The number of hydrogen-bond acceptors (Lipinski definition) is 4. The summed E-state index contributed by atoms with van der Waals surface area (Å²) in [5.74, 6) is -1.83. The van der Waals surface area contributed by atoms with E-state index < -0.39 is 24.5 Å². The summed E-state index contributed by atoms with van der Waals surface area (Å²) >= 11 is 0. The molecule has 1 atom stereocenters. The van der Waals surface area contributed by atoms with E-state index in [2.05, 4.69) is 10.6 Å². The Morgan fingerprint density at radius 3 is 2.38 bits per heavy atom. The smallest absolute Gasteiger partial charge is 0.322 e. The summed E-state index contributed by atoms with van der Waals surface area (Å²) in [4.78, 5) is 31.9. The first-order chi connectivity index (χ1) is 7.45. The van der Waals surface area contributed by atoms with Gasteiger partial charge in [0.1, 0.15) is 6.54 Å². The molecule has 0 aliphatic carbocycles. The van der Waals surface area contributed by atoms with E-state index in [9.17, 15) is 14.4 Å². The van der Waals surface area contributed by atoms with Crippen LogP contribution in [-0.4, -0.2) is 47.2 Å². The van der Waals surface area contributed by atoms with Crippen molar-refractivity contribution in [1.29, 1.82) is 0 Å². The molecule has 0 aromatic rings. The second-order valence-electron chi connectivity index (χ2n) is 3.29. The van der Waals surface area contributed by atoms with Crippen LogP contribution >= 0.6 is 0 Å². The third kappa shape index (κ3) is 7.74. The molecule has 7 heteroatoms. The number of carboxylic acids is 1. The van der Waals surface area contributed by atoms with Crippen LogP contribution in [0.15, 0.2) is 0 Å². The van der Waals surface area contributed by atoms with Gasteiger partial charge >= 0.3 is 5.97 Å². The first-order valence-electron chi connectivity index (χ1n) is 4.82. The predicted octanol–water partition coefficient (Wildman–Crippen LogP) is -1.54. The average Bonchev–Trinajstić information content (AvgIpc) is 2.20. The lowest BCUT2D eigenvalue weighted by Crippen LogP contribution is -2.37. The molecule has 2 amide bonds. The molecular formula is C9H16N2O5. The van der Waals surface area contributed by atoms with Gasteiger partial charge in [0.25, 0.3) is 0 Å². The van der Waals surface area contributed by atoms with E-state index in [0.717, 1.165) is 0 Å². The Hall–Kier alpha value is -1.63. The first kappa shape index (κ1) is 14.4. The maximum Gasteiger partial charge on any atom is 0.322 e. The first-order valence-corrected chi connectivity index (χ1v) is 4.82. The number of nitrogens with one attached hydrogen (secondary N) is 2. The van der Waals surface area contributed by atoms with Gasteiger partial charge in [-0.15, -0.1) is 0 Å². The Morgan fingerprint density at radius 2 is 1.94 bits per heavy atom. The van der Waals surface area contributed by atoms with Gasteiger partial charge in [0, 0.05) is 13.3 Å². The molecule has 0 aliphatic rings. The Balaban J connectivity index is 3.79. The standard InChI is InChI=1S/C9H16N2O5/c1-6(13)11-7(5-12)2-3-8(14)10-4-9(15)16/h7,12H,2-5H2,1H3,(H,10,14)(H,11,13)(H,15,16). The van der Waals surface area contributed by atoms with E-state index in [1.54, 1.807) is 0 Å². The zero-order valence-corrected chi connectivity index (χ0v) is 9.02. The van der Waals surface area contributed by atoms with Crippen molar-refractivity contribution >= 4 is 17.8 Å². The van der Waals surface area contributed by atoms with Crippen molar-refractivity contribution in [2.75, 3.05) is 13.2 Å². The Bertz CT molecular complexity index is 267. The number of carbonyl (C=O) groups excluding carboxylic acids is 2. The molecule has 0 heterocycles. The monoisotopic (exact) mass is 232 g/mol. The fourth-order valence-corrected chi connectivity index (χ4v) is 1.06. The molecule has 0 spiro atoms. The number of aliphatic hydroxyl groups excluding tert-OH is 1. The van der Waals surface area contributed by atoms with E-state index in [4.69, 9.17) is 10.2 Å². The maximum atomic E-state index is 11.1. The van der Waals surface area contributed by atoms with Crippen molar-refractivity contribution in [1.82, 2.24) is 10.6 Å². The Kier molecular flexibility index (Phi) is 6.86. The number of rotatable bonds is 7. The van der Waals surface area contributed by atoms with Gasteiger partial charge in [-0.1, -0.05) is 0 Å². The number of aliphatic hydroxyl groups is 1. The summed E-state index contributed by atoms with van der Waals surface area (Å²) in [5.41, 5.74) is 0. The van der Waals surface area contributed by atoms with Gasteiger partial charge in [-0.05, 0) is 6.42 Å². The molecule has 1 unspecified atom stereocenters. The van der Waals surface area contributed by atoms with Crippen molar-refractivity contribution in [3.8, 4) is 0 Å². The molecular weight excluding hydrogens is 216 g/mol. The lowest BCUT2D eigenvalue weighted by Gasteiger charge is -2.14. The summed E-state index contributed by atoms with van der Waals surface area (Å²) < 4.78 is 0. The second kappa shape index (κ2) is 7.63. The van der Waals surface area contributed by atoms with Gasteiger partial charge in [-0.3, -0.25) is 14.4 Å². The zero-order valence-electron chi connectivity index (χ0n) is 9.02. The fourth-order valence-electron chi connectivity index (χ4n) is 1.06. The molecule has 0 fully saturated rings. The number of carbonyl (C=O) groups is 3. The number of hydrogen-bond donors (Lipinski definition) is 4. The molecule has 0 saturated heterocycles. The molecule has 0 aromatic heterocycles. The van der Waals surface area contributed by atoms with E-state index in [0.29, 0.717) is 0 Å². The summed E-state index contributed by atoms with van der Waals surface area (Å²) in [5, 5.41) is 21.8. The lowest BCUT2D eigenvalue weighted by atomic mass is 10.1. The summed E-state index contributed by atoms with van der Waals surface area (Å²) in [6.07, 6.45) is 0.320. The number of aliphatic carboxylic acids is 1. The van der Waals surface area contributed by atoms with Crippen LogP contribution in [-0.2, 0) is 14.4 Å². The molecule has 0 bridgehead atoms. The largest absolute Gasteiger partial charge is 0.480 e. The predicted molar refractivity (Wildman–Crippen MR) is 54.6 cm³/mol. The van der Waals surface area contributed by atoms with Crippen molar-refractivity contribution in [3.63, 3.8) is 0 Å². The van der Waals surface area contributed by atoms with Crippen molar-refractivity contribution in [2.24, 2.45) is 0 Å². The molecule has 16 heavy (non-hydrogen) atoms. The summed E-state index contributed by atoms with van der Waals surface area (Å²) in [7, 11) is 0. The van der Waals surface area contributed by atoms with E-state index in [-0.39, 0.29) is 25.4 Å². The van der Waals surface area contributed by atoms with Gasteiger partial charge in [0.15, 0.2) is 0 Å². The third-order valence-corrected chi connectivity index (χ3v) is 1.78. The van der Waals surface area contributed by atoms with Crippen LogP contribution in [0.5, 0.6) is 0 Å². The summed E-state index contributed by atoms with van der Waals surface area (Å²) in [6.45, 7) is 0.627. The maximum absolute atomic E-state index is 11.1.